The van der Waals surface area contributed by atoms with Crippen LogP contribution in [0.15, 0.2) is 0 Å². The highest BCUT2D eigenvalue weighted by Crippen LogP contribution is 2.25. The van der Waals surface area contributed by atoms with Crippen LogP contribution in [0, 0.1) is 5.92 Å². The van der Waals surface area contributed by atoms with Crippen molar-refractivity contribution in [2.45, 2.75) is 57.6 Å². The zero-order chi connectivity index (χ0) is 13.0. The topological polar surface area (TPSA) is 55.6 Å². The average molecular weight is 254 g/mol. The van der Waals surface area contributed by atoms with Crippen LogP contribution in [-0.4, -0.2) is 42.6 Å². The molecule has 0 bridgehead atoms. The van der Waals surface area contributed by atoms with Crippen LogP contribution in [0.3, 0.4) is 0 Å². The van der Waals surface area contributed by atoms with Crippen molar-refractivity contribution >= 4 is 5.91 Å². The molecule has 1 heterocycles. The summed E-state index contributed by atoms with van der Waals surface area (Å²) in [6.07, 6.45) is 6.72. The summed E-state index contributed by atoms with van der Waals surface area (Å²) in [7, 11) is 0. The van der Waals surface area contributed by atoms with Crippen molar-refractivity contribution in [1.82, 2.24) is 4.90 Å². The molecule has 104 valence electrons. The van der Waals surface area contributed by atoms with Gasteiger partial charge in [0.25, 0.3) is 0 Å². The molecule has 1 amide bonds. The zero-order valence-electron chi connectivity index (χ0n) is 11.4. The van der Waals surface area contributed by atoms with Crippen molar-refractivity contribution in [2.24, 2.45) is 11.7 Å². The molecule has 4 nitrogen and oxygen atoms in total. The van der Waals surface area contributed by atoms with Crippen LogP contribution >= 0.6 is 0 Å². The molecule has 3 unspecified atom stereocenters. The summed E-state index contributed by atoms with van der Waals surface area (Å²) in [5.74, 6) is 0.292. The quantitative estimate of drug-likeness (QED) is 0.828. The number of hydrogen-bond acceptors (Lipinski definition) is 3. The maximum atomic E-state index is 12.5. The van der Waals surface area contributed by atoms with E-state index >= 15 is 0 Å². The van der Waals surface area contributed by atoms with Crippen molar-refractivity contribution < 1.29 is 9.53 Å². The minimum Gasteiger partial charge on any atom is -0.376 e. The normalized spacial score (nSPS) is 32.4. The molecule has 2 rings (SSSR count). The number of carbonyl (C=O) groups is 1. The van der Waals surface area contributed by atoms with Gasteiger partial charge in [-0.15, -0.1) is 0 Å². The molecule has 2 N–H and O–H groups in total. The monoisotopic (exact) mass is 254 g/mol. The van der Waals surface area contributed by atoms with E-state index in [1.807, 2.05) is 11.8 Å². The highest BCUT2D eigenvalue weighted by molar-refractivity contribution is 5.79. The molecule has 0 spiro atoms. The van der Waals surface area contributed by atoms with E-state index in [4.69, 9.17) is 10.5 Å². The Balaban J connectivity index is 1.91. The van der Waals surface area contributed by atoms with Crippen LogP contribution in [0.5, 0.6) is 0 Å². The number of ether oxygens (including phenoxy) is 1. The van der Waals surface area contributed by atoms with E-state index in [2.05, 4.69) is 0 Å². The van der Waals surface area contributed by atoms with E-state index in [0.717, 1.165) is 51.8 Å². The summed E-state index contributed by atoms with van der Waals surface area (Å²) in [4.78, 5) is 14.5. The van der Waals surface area contributed by atoms with E-state index in [9.17, 15) is 4.79 Å². The number of amides is 1. The molecule has 0 radical (unpaired) electrons. The molecule has 1 aliphatic heterocycles. The number of carbonyl (C=O) groups excluding carboxylic acids is 1. The van der Waals surface area contributed by atoms with Gasteiger partial charge in [-0.3, -0.25) is 4.79 Å². The molecular formula is C14H26N2O2. The Bertz CT molecular complexity index is 277. The van der Waals surface area contributed by atoms with E-state index in [-0.39, 0.29) is 24.0 Å². The second kappa shape index (κ2) is 6.53. The van der Waals surface area contributed by atoms with Gasteiger partial charge in [-0.05, 0) is 32.6 Å². The second-order valence-corrected chi connectivity index (χ2v) is 5.57. The van der Waals surface area contributed by atoms with Gasteiger partial charge < -0.3 is 15.4 Å². The van der Waals surface area contributed by atoms with Crippen LogP contribution < -0.4 is 5.73 Å². The molecule has 0 aromatic heterocycles. The van der Waals surface area contributed by atoms with E-state index in [0.29, 0.717) is 0 Å². The van der Waals surface area contributed by atoms with Gasteiger partial charge >= 0.3 is 0 Å². The lowest BCUT2D eigenvalue weighted by molar-refractivity contribution is -0.138. The summed E-state index contributed by atoms with van der Waals surface area (Å²) in [5, 5.41) is 0. The predicted molar refractivity (Wildman–Crippen MR) is 71.2 cm³/mol. The highest BCUT2D eigenvalue weighted by Gasteiger charge is 2.32. The van der Waals surface area contributed by atoms with Crippen molar-refractivity contribution in [3.8, 4) is 0 Å². The smallest absolute Gasteiger partial charge is 0.227 e. The number of rotatable bonds is 4. The third kappa shape index (κ3) is 3.23. The first-order valence-corrected chi connectivity index (χ1v) is 7.38. The van der Waals surface area contributed by atoms with Gasteiger partial charge in [0, 0.05) is 25.7 Å². The van der Waals surface area contributed by atoms with Crippen molar-refractivity contribution in [3.05, 3.63) is 0 Å². The van der Waals surface area contributed by atoms with Gasteiger partial charge in [-0.25, -0.2) is 0 Å². The first-order chi connectivity index (χ1) is 8.72. The molecule has 3 atom stereocenters. The van der Waals surface area contributed by atoms with E-state index in [1.165, 1.54) is 6.42 Å². The maximum absolute atomic E-state index is 12.5. The fourth-order valence-corrected chi connectivity index (χ4v) is 3.11. The van der Waals surface area contributed by atoms with Gasteiger partial charge in [-0.1, -0.05) is 12.8 Å². The lowest BCUT2D eigenvalue weighted by atomic mass is 9.84. The summed E-state index contributed by atoms with van der Waals surface area (Å²) < 4.78 is 5.62. The van der Waals surface area contributed by atoms with Gasteiger partial charge in [-0.2, -0.15) is 0 Å². The van der Waals surface area contributed by atoms with Crippen LogP contribution in [0.25, 0.3) is 0 Å². The fraction of sp³-hybridized carbons (Fsp3) is 0.929. The molecule has 1 aliphatic carbocycles. The molecule has 0 aromatic rings. The summed E-state index contributed by atoms with van der Waals surface area (Å²) in [6.45, 7) is 4.40. The Morgan fingerprint density at radius 2 is 2.06 bits per heavy atom. The van der Waals surface area contributed by atoms with Gasteiger partial charge in [0.2, 0.25) is 5.91 Å². The van der Waals surface area contributed by atoms with Crippen LogP contribution in [0.4, 0.5) is 0 Å². The molecular weight excluding hydrogens is 228 g/mol. The minimum atomic E-state index is 0.0418. The van der Waals surface area contributed by atoms with Crippen LogP contribution in [0.2, 0.25) is 0 Å². The molecule has 2 fully saturated rings. The van der Waals surface area contributed by atoms with E-state index in [1.54, 1.807) is 0 Å². The van der Waals surface area contributed by atoms with Gasteiger partial charge in [0.05, 0.1) is 12.0 Å². The first kappa shape index (κ1) is 13.8. The average Bonchev–Trinajstić information content (AvgIpc) is 2.88. The Hall–Kier alpha value is -0.610. The van der Waals surface area contributed by atoms with Gasteiger partial charge in [0.15, 0.2) is 0 Å². The third-order valence-electron chi connectivity index (χ3n) is 4.28. The molecule has 2 aliphatic rings. The maximum Gasteiger partial charge on any atom is 0.227 e. The Labute approximate surface area is 110 Å². The zero-order valence-corrected chi connectivity index (χ0v) is 11.4. The standard InChI is InChI=1S/C14H26N2O2/c1-2-16(10-11-6-5-9-18-11)14(17)12-7-3-4-8-13(12)15/h11-13H,2-10,15H2,1H3. The number of hydrogen-bond donors (Lipinski definition) is 1. The third-order valence-corrected chi connectivity index (χ3v) is 4.28. The van der Waals surface area contributed by atoms with Crippen LogP contribution in [0.1, 0.15) is 45.4 Å². The molecule has 4 heteroatoms. The number of nitrogens with zero attached hydrogens (tertiary/aromatic N) is 1. The van der Waals surface area contributed by atoms with Crippen LogP contribution in [-0.2, 0) is 9.53 Å². The summed E-state index contributed by atoms with van der Waals surface area (Å²) in [5.41, 5.74) is 6.10. The van der Waals surface area contributed by atoms with Crippen molar-refractivity contribution in [1.29, 1.82) is 0 Å². The molecule has 0 aromatic carbocycles. The van der Waals surface area contributed by atoms with Crippen molar-refractivity contribution in [3.63, 3.8) is 0 Å². The Morgan fingerprint density at radius 1 is 1.28 bits per heavy atom. The van der Waals surface area contributed by atoms with Crippen molar-refractivity contribution in [2.75, 3.05) is 19.7 Å². The number of likely N-dealkylation sites (N-methyl/N-ethyl adjacent to an activating group) is 1. The molecule has 18 heavy (non-hydrogen) atoms. The Morgan fingerprint density at radius 3 is 2.67 bits per heavy atom. The second-order valence-electron chi connectivity index (χ2n) is 5.57. The SMILES string of the molecule is CCN(CC1CCCO1)C(=O)C1CCCCC1N. The van der Waals surface area contributed by atoms with Gasteiger partial charge in [0.1, 0.15) is 0 Å². The molecule has 1 saturated carbocycles. The lowest BCUT2D eigenvalue weighted by Gasteiger charge is -2.33. The predicted octanol–water partition coefficient (Wildman–Crippen LogP) is 1.53. The lowest BCUT2D eigenvalue weighted by Crippen LogP contribution is -2.47. The fourth-order valence-electron chi connectivity index (χ4n) is 3.11. The Kier molecular flexibility index (Phi) is 5.01. The molecule has 1 saturated heterocycles. The number of nitrogens with two attached hydrogens (primary N) is 1. The summed E-state index contributed by atoms with van der Waals surface area (Å²) >= 11 is 0. The summed E-state index contributed by atoms with van der Waals surface area (Å²) in [6, 6.07) is 0.0600. The highest BCUT2D eigenvalue weighted by atomic mass is 16.5. The van der Waals surface area contributed by atoms with E-state index < -0.39 is 0 Å². The minimum absolute atomic E-state index is 0.0418. The largest absolute Gasteiger partial charge is 0.376 e. The first-order valence-electron chi connectivity index (χ1n) is 7.38.